The minimum Gasteiger partial charge on any atom is -0.481 e. The van der Waals surface area contributed by atoms with Gasteiger partial charge in [-0.25, -0.2) is 8.42 Å². The fourth-order valence-electron chi connectivity index (χ4n) is 0.928. The van der Waals surface area contributed by atoms with Crippen molar-refractivity contribution in [3.8, 4) is 0 Å². The van der Waals surface area contributed by atoms with Crippen LogP contribution < -0.4 is 0 Å². The van der Waals surface area contributed by atoms with Crippen molar-refractivity contribution >= 4 is 16.7 Å². The Kier molecular flexibility index (Phi) is 2.65. The molecule has 1 aliphatic carbocycles. The number of rotatable bonds is 2. The monoisotopic (exact) mass is 188 g/mol. The predicted molar refractivity (Wildman–Crippen MR) is 43.3 cm³/mol. The van der Waals surface area contributed by atoms with Crippen LogP contribution in [0.5, 0.6) is 0 Å². The first-order valence-electron chi connectivity index (χ1n) is 3.37. The van der Waals surface area contributed by atoms with Gasteiger partial charge in [0.25, 0.3) is 0 Å². The quantitative estimate of drug-likeness (QED) is 0.605. The van der Waals surface area contributed by atoms with Crippen LogP contribution in [0, 0.1) is 5.92 Å². The van der Waals surface area contributed by atoms with Crippen molar-refractivity contribution in [2.75, 3.05) is 0 Å². The topological polar surface area (TPSA) is 71.4 Å². The maximum absolute atomic E-state index is 10.4. The van der Waals surface area contributed by atoms with E-state index in [0.29, 0.717) is 0 Å². The van der Waals surface area contributed by atoms with E-state index < -0.39 is 22.6 Å². The largest absolute Gasteiger partial charge is 0.481 e. The number of allylic oxidation sites excluding steroid dienone is 2. The van der Waals surface area contributed by atoms with Crippen molar-refractivity contribution in [2.24, 2.45) is 5.92 Å². The Bertz CT molecular complexity index is 316. The van der Waals surface area contributed by atoms with Crippen LogP contribution in [0.4, 0.5) is 0 Å². The van der Waals surface area contributed by atoms with Gasteiger partial charge in [-0.05, 0) is 12.5 Å². The molecule has 0 amide bonds. The molecule has 0 fully saturated rings. The number of hydrogen-bond donors (Lipinski definition) is 2. The van der Waals surface area contributed by atoms with Crippen LogP contribution in [0.3, 0.4) is 0 Å². The molecule has 1 atom stereocenters. The molecule has 0 aliphatic heterocycles. The van der Waals surface area contributed by atoms with Crippen LogP contribution in [0.2, 0.25) is 0 Å². The third-order valence-electron chi connectivity index (χ3n) is 1.61. The van der Waals surface area contributed by atoms with Crippen LogP contribution in [0.15, 0.2) is 23.1 Å². The van der Waals surface area contributed by atoms with Gasteiger partial charge in [-0.3, -0.25) is 4.79 Å². The summed E-state index contributed by atoms with van der Waals surface area (Å²) < 4.78 is 20.8. The van der Waals surface area contributed by atoms with E-state index in [9.17, 15) is 13.2 Å². The van der Waals surface area contributed by atoms with Crippen LogP contribution >= 0.6 is 0 Å². The van der Waals surface area contributed by atoms with Crippen molar-refractivity contribution in [3.63, 3.8) is 0 Å². The summed E-state index contributed by atoms with van der Waals surface area (Å²) in [7, 11) is -2.58. The summed E-state index contributed by atoms with van der Waals surface area (Å²) in [5.41, 5.74) is 0. The zero-order valence-corrected chi connectivity index (χ0v) is 7.03. The molecule has 66 valence electrons. The first-order valence-corrected chi connectivity index (χ1v) is 4.54. The molecule has 0 bridgehead atoms. The highest BCUT2D eigenvalue weighted by atomic mass is 32.2. The van der Waals surface area contributed by atoms with Crippen molar-refractivity contribution in [2.45, 2.75) is 6.42 Å². The Hall–Kier alpha value is -1.10. The lowest BCUT2D eigenvalue weighted by atomic mass is 10.0. The van der Waals surface area contributed by atoms with E-state index in [-0.39, 0.29) is 11.3 Å². The Balaban J connectivity index is 2.74. The molecule has 0 heterocycles. The minimum absolute atomic E-state index is 0.197. The molecule has 0 saturated carbocycles. The maximum Gasteiger partial charge on any atom is 0.310 e. The molecule has 0 spiro atoms. The highest BCUT2D eigenvalue weighted by Crippen LogP contribution is 2.16. The summed E-state index contributed by atoms with van der Waals surface area (Å²) in [6, 6.07) is 0. The van der Waals surface area contributed by atoms with Gasteiger partial charge in [-0.2, -0.15) is 0 Å². The number of thiol groups is 1. The second kappa shape index (κ2) is 3.53. The minimum atomic E-state index is -2.58. The Labute approximate surface area is 71.2 Å². The van der Waals surface area contributed by atoms with Crippen LogP contribution in [-0.2, 0) is 15.5 Å². The molecule has 0 saturated heterocycles. The Morgan fingerprint density at radius 2 is 2.25 bits per heavy atom. The summed E-state index contributed by atoms with van der Waals surface area (Å²) in [4.78, 5) is 10.6. The normalized spacial score (nSPS) is 22.4. The lowest BCUT2D eigenvalue weighted by molar-refractivity contribution is -0.139. The zero-order chi connectivity index (χ0) is 9.14. The standard InChI is InChI=1S/C7H8O4S/c8-7(9)5-1-3-6(4-2-5)12(10)11/h1,3-5,12H,2H2,(H,8,9). The van der Waals surface area contributed by atoms with E-state index in [1.807, 2.05) is 0 Å². The first kappa shape index (κ1) is 8.99. The number of carboxylic acid groups (broad SMARTS) is 1. The third-order valence-corrected chi connectivity index (χ3v) is 2.36. The van der Waals surface area contributed by atoms with Gasteiger partial charge in [-0.1, -0.05) is 12.2 Å². The number of aliphatic carboxylic acids is 1. The van der Waals surface area contributed by atoms with E-state index in [1.165, 1.54) is 18.2 Å². The molecule has 1 aliphatic rings. The summed E-state index contributed by atoms with van der Waals surface area (Å²) in [6.07, 6.45) is 4.39. The highest BCUT2D eigenvalue weighted by Gasteiger charge is 2.15. The van der Waals surface area contributed by atoms with Crippen molar-refractivity contribution in [3.05, 3.63) is 23.1 Å². The lowest BCUT2D eigenvalue weighted by Gasteiger charge is -2.07. The second-order valence-corrected chi connectivity index (χ2v) is 3.46. The average molecular weight is 188 g/mol. The van der Waals surface area contributed by atoms with Gasteiger partial charge in [0.15, 0.2) is 10.7 Å². The zero-order valence-electron chi connectivity index (χ0n) is 6.14. The van der Waals surface area contributed by atoms with Crippen molar-refractivity contribution in [1.29, 1.82) is 0 Å². The Morgan fingerprint density at radius 3 is 2.58 bits per heavy atom. The molecular formula is C7H8O4S. The second-order valence-electron chi connectivity index (χ2n) is 2.43. The molecular weight excluding hydrogens is 180 g/mol. The SMILES string of the molecule is O=C(O)C1C=CC([SH](=O)=O)=CC1. The van der Waals surface area contributed by atoms with Gasteiger partial charge in [0, 0.05) is 0 Å². The molecule has 0 radical (unpaired) electrons. The smallest absolute Gasteiger partial charge is 0.310 e. The van der Waals surface area contributed by atoms with E-state index in [1.54, 1.807) is 0 Å². The van der Waals surface area contributed by atoms with Gasteiger partial charge >= 0.3 is 5.97 Å². The Morgan fingerprint density at radius 1 is 1.58 bits per heavy atom. The van der Waals surface area contributed by atoms with Crippen LogP contribution in [0.1, 0.15) is 6.42 Å². The molecule has 5 heteroatoms. The van der Waals surface area contributed by atoms with Crippen molar-refractivity contribution < 1.29 is 18.3 Å². The predicted octanol–water partition coefficient (Wildman–Crippen LogP) is 0.142. The number of hydrogen-bond acceptors (Lipinski definition) is 3. The molecule has 4 nitrogen and oxygen atoms in total. The van der Waals surface area contributed by atoms with E-state index in [4.69, 9.17) is 5.11 Å². The van der Waals surface area contributed by atoms with E-state index in [0.717, 1.165) is 0 Å². The van der Waals surface area contributed by atoms with Gasteiger partial charge in [0.1, 0.15) is 0 Å². The average Bonchev–Trinajstić information content (AvgIpc) is 2.04. The molecule has 0 aromatic carbocycles. The van der Waals surface area contributed by atoms with E-state index >= 15 is 0 Å². The molecule has 0 aromatic heterocycles. The van der Waals surface area contributed by atoms with Gasteiger partial charge < -0.3 is 5.11 Å². The van der Waals surface area contributed by atoms with Crippen LogP contribution in [-0.4, -0.2) is 19.5 Å². The fourth-order valence-corrected chi connectivity index (χ4v) is 1.39. The fraction of sp³-hybridized carbons (Fsp3) is 0.286. The third kappa shape index (κ3) is 1.94. The molecule has 1 N–H and O–H groups in total. The van der Waals surface area contributed by atoms with Gasteiger partial charge in [0.2, 0.25) is 0 Å². The molecule has 1 rings (SSSR count). The first-order chi connectivity index (χ1) is 5.61. The number of carbonyl (C=O) groups is 1. The highest BCUT2D eigenvalue weighted by molar-refractivity contribution is 7.77. The van der Waals surface area contributed by atoms with E-state index in [2.05, 4.69) is 0 Å². The maximum atomic E-state index is 10.4. The summed E-state index contributed by atoms with van der Waals surface area (Å²) in [6.45, 7) is 0. The summed E-state index contributed by atoms with van der Waals surface area (Å²) >= 11 is 0. The van der Waals surface area contributed by atoms with Crippen LogP contribution in [0.25, 0.3) is 0 Å². The molecule has 12 heavy (non-hydrogen) atoms. The van der Waals surface area contributed by atoms with Gasteiger partial charge in [0.05, 0.1) is 10.8 Å². The summed E-state index contributed by atoms with van der Waals surface area (Å²) in [5.74, 6) is -1.51. The van der Waals surface area contributed by atoms with Crippen molar-refractivity contribution in [1.82, 2.24) is 0 Å². The summed E-state index contributed by atoms with van der Waals surface area (Å²) in [5, 5.41) is 8.53. The lowest BCUT2D eigenvalue weighted by Crippen LogP contribution is -2.12. The number of carboxylic acids is 1. The molecule has 1 unspecified atom stereocenters. The molecule has 0 aromatic rings. The van der Waals surface area contributed by atoms with Gasteiger partial charge in [-0.15, -0.1) is 0 Å².